The van der Waals surface area contributed by atoms with Crippen LogP contribution in [0.3, 0.4) is 0 Å². The molecule has 0 aliphatic heterocycles. The zero-order valence-electron chi connectivity index (χ0n) is 15.1. The first-order valence-electron chi connectivity index (χ1n) is 8.95. The van der Waals surface area contributed by atoms with E-state index < -0.39 is 0 Å². The third-order valence-corrected chi connectivity index (χ3v) is 5.31. The van der Waals surface area contributed by atoms with E-state index in [1.165, 1.54) is 5.56 Å². The maximum Gasteiger partial charge on any atom is 0.165 e. The van der Waals surface area contributed by atoms with Crippen LogP contribution in [0.5, 0.6) is 0 Å². The SMILES string of the molecule is CCc1ccc(NC(CC(=O)c2ccc(Br)cc2)c2ccc(Cl)cc2)cc1. The molecule has 0 fully saturated rings. The normalized spacial score (nSPS) is 11.8. The summed E-state index contributed by atoms with van der Waals surface area (Å²) >= 11 is 9.44. The Balaban J connectivity index is 1.83. The highest BCUT2D eigenvalue weighted by atomic mass is 79.9. The van der Waals surface area contributed by atoms with Gasteiger partial charge in [0.25, 0.3) is 0 Å². The monoisotopic (exact) mass is 441 g/mol. The van der Waals surface area contributed by atoms with E-state index in [1.54, 1.807) is 0 Å². The average molecular weight is 443 g/mol. The molecule has 1 atom stereocenters. The van der Waals surface area contributed by atoms with E-state index in [1.807, 2.05) is 48.5 Å². The van der Waals surface area contributed by atoms with Crippen LogP contribution in [0.4, 0.5) is 5.69 Å². The van der Waals surface area contributed by atoms with Crippen LogP contribution in [0.2, 0.25) is 5.02 Å². The number of carbonyl (C=O) groups is 1. The van der Waals surface area contributed by atoms with Gasteiger partial charge in [-0.25, -0.2) is 0 Å². The van der Waals surface area contributed by atoms with Crippen molar-refractivity contribution in [2.75, 3.05) is 5.32 Å². The lowest BCUT2D eigenvalue weighted by Crippen LogP contribution is -2.16. The van der Waals surface area contributed by atoms with Gasteiger partial charge < -0.3 is 5.32 Å². The second-order valence-electron chi connectivity index (χ2n) is 6.43. The molecule has 0 aliphatic carbocycles. The molecular formula is C23H21BrClNO. The van der Waals surface area contributed by atoms with Gasteiger partial charge in [-0.2, -0.15) is 0 Å². The van der Waals surface area contributed by atoms with Gasteiger partial charge in [0.2, 0.25) is 0 Å². The third-order valence-electron chi connectivity index (χ3n) is 4.53. The Morgan fingerprint density at radius 3 is 2.19 bits per heavy atom. The first-order chi connectivity index (χ1) is 13.0. The number of carbonyl (C=O) groups excluding carboxylic acids is 1. The fourth-order valence-corrected chi connectivity index (χ4v) is 3.31. The van der Waals surface area contributed by atoms with Crippen molar-refractivity contribution in [3.05, 3.63) is 99.0 Å². The van der Waals surface area contributed by atoms with Gasteiger partial charge in [0.1, 0.15) is 0 Å². The summed E-state index contributed by atoms with van der Waals surface area (Å²) in [5.41, 5.74) is 4.02. The van der Waals surface area contributed by atoms with Gasteiger partial charge >= 0.3 is 0 Å². The Bertz CT molecular complexity index is 889. The quantitative estimate of drug-likeness (QED) is 0.396. The van der Waals surface area contributed by atoms with Crippen LogP contribution < -0.4 is 5.32 Å². The van der Waals surface area contributed by atoms with Gasteiger partial charge in [0.15, 0.2) is 5.78 Å². The van der Waals surface area contributed by atoms with Gasteiger partial charge in [-0.15, -0.1) is 0 Å². The summed E-state index contributed by atoms with van der Waals surface area (Å²) in [6, 6.07) is 23.3. The zero-order valence-corrected chi connectivity index (χ0v) is 17.4. The van der Waals surface area contributed by atoms with Crippen LogP contribution in [0.25, 0.3) is 0 Å². The van der Waals surface area contributed by atoms with Crippen LogP contribution in [-0.2, 0) is 6.42 Å². The molecule has 0 saturated heterocycles. The van der Waals surface area contributed by atoms with Crippen molar-refractivity contribution in [1.29, 1.82) is 0 Å². The molecule has 0 heterocycles. The molecule has 3 aromatic rings. The summed E-state index contributed by atoms with van der Waals surface area (Å²) in [5.74, 6) is 0.0973. The van der Waals surface area contributed by atoms with Gasteiger partial charge in [-0.3, -0.25) is 4.79 Å². The summed E-state index contributed by atoms with van der Waals surface area (Å²) in [7, 11) is 0. The van der Waals surface area contributed by atoms with E-state index in [-0.39, 0.29) is 11.8 Å². The number of anilines is 1. The number of hydrogen-bond acceptors (Lipinski definition) is 2. The number of aryl methyl sites for hydroxylation is 1. The smallest absolute Gasteiger partial charge is 0.165 e. The van der Waals surface area contributed by atoms with E-state index in [9.17, 15) is 4.79 Å². The molecule has 0 aliphatic rings. The number of ketones is 1. The molecule has 0 spiro atoms. The van der Waals surface area contributed by atoms with E-state index >= 15 is 0 Å². The lowest BCUT2D eigenvalue weighted by molar-refractivity contribution is 0.0976. The first kappa shape index (κ1) is 19.7. The minimum absolute atomic E-state index is 0.0973. The Morgan fingerprint density at radius 2 is 1.59 bits per heavy atom. The van der Waals surface area contributed by atoms with E-state index in [2.05, 4.69) is 52.4 Å². The number of Topliss-reactive ketones (excluding diaryl/α,β-unsaturated/α-hetero) is 1. The molecule has 1 unspecified atom stereocenters. The van der Waals surface area contributed by atoms with Crippen molar-refractivity contribution in [3.63, 3.8) is 0 Å². The average Bonchev–Trinajstić information content (AvgIpc) is 2.69. The zero-order chi connectivity index (χ0) is 19.2. The predicted molar refractivity (Wildman–Crippen MR) is 117 cm³/mol. The first-order valence-corrected chi connectivity index (χ1v) is 10.1. The van der Waals surface area contributed by atoms with E-state index in [0.717, 1.165) is 22.1 Å². The number of nitrogens with one attached hydrogen (secondary N) is 1. The Labute approximate surface area is 173 Å². The molecule has 3 rings (SSSR count). The number of rotatable bonds is 7. The summed E-state index contributed by atoms with van der Waals surface area (Å²) < 4.78 is 0.961. The fraction of sp³-hybridized carbons (Fsp3) is 0.174. The van der Waals surface area contributed by atoms with Gasteiger partial charge in [-0.05, 0) is 53.9 Å². The predicted octanol–water partition coefficient (Wildman–Crippen LogP) is 7.09. The van der Waals surface area contributed by atoms with Crippen molar-refractivity contribution in [2.45, 2.75) is 25.8 Å². The topological polar surface area (TPSA) is 29.1 Å². The molecule has 0 saturated carbocycles. The van der Waals surface area contributed by atoms with Crippen LogP contribution >= 0.6 is 27.5 Å². The van der Waals surface area contributed by atoms with Gasteiger partial charge in [0, 0.05) is 27.2 Å². The molecule has 0 bridgehead atoms. The van der Waals surface area contributed by atoms with Crippen molar-refractivity contribution in [1.82, 2.24) is 0 Å². The molecule has 0 radical (unpaired) electrons. The Hall–Kier alpha value is -2.10. The Kier molecular flexibility index (Phi) is 6.70. The summed E-state index contributed by atoms with van der Waals surface area (Å²) in [6.07, 6.45) is 1.36. The van der Waals surface area contributed by atoms with Crippen LogP contribution in [0.1, 0.15) is 40.9 Å². The summed E-state index contributed by atoms with van der Waals surface area (Å²) in [5, 5.41) is 4.19. The number of benzene rings is 3. The highest BCUT2D eigenvalue weighted by molar-refractivity contribution is 9.10. The molecule has 4 heteroatoms. The van der Waals surface area contributed by atoms with Crippen LogP contribution in [-0.4, -0.2) is 5.78 Å². The maximum absolute atomic E-state index is 12.8. The van der Waals surface area contributed by atoms with Crippen molar-refractivity contribution >= 4 is 39.0 Å². The highest BCUT2D eigenvalue weighted by Crippen LogP contribution is 2.26. The molecule has 3 aromatic carbocycles. The van der Waals surface area contributed by atoms with Crippen molar-refractivity contribution in [2.24, 2.45) is 0 Å². The second kappa shape index (κ2) is 9.20. The minimum atomic E-state index is -0.133. The number of halogens is 2. The van der Waals surface area contributed by atoms with E-state index in [4.69, 9.17) is 11.6 Å². The Morgan fingerprint density at radius 1 is 0.963 bits per heavy atom. The molecule has 0 amide bonds. The highest BCUT2D eigenvalue weighted by Gasteiger charge is 2.17. The van der Waals surface area contributed by atoms with Gasteiger partial charge in [0.05, 0.1) is 6.04 Å². The lowest BCUT2D eigenvalue weighted by Gasteiger charge is -2.20. The third kappa shape index (κ3) is 5.44. The second-order valence-corrected chi connectivity index (χ2v) is 7.79. The standard InChI is InChI=1S/C23H21BrClNO/c1-2-16-3-13-21(14-4-16)26-22(17-7-11-20(25)12-8-17)15-23(27)18-5-9-19(24)10-6-18/h3-14,22,26H,2,15H2,1H3. The fourth-order valence-electron chi connectivity index (χ4n) is 2.92. The van der Waals surface area contributed by atoms with Crippen molar-refractivity contribution in [3.8, 4) is 0 Å². The summed E-state index contributed by atoms with van der Waals surface area (Å²) in [6.45, 7) is 2.13. The van der Waals surface area contributed by atoms with Crippen LogP contribution in [0, 0.1) is 0 Å². The molecular weight excluding hydrogens is 422 g/mol. The summed E-state index contributed by atoms with van der Waals surface area (Å²) in [4.78, 5) is 12.8. The lowest BCUT2D eigenvalue weighted by atomic mass is 9.97. The molecule has 0 aromatic heterocycles. The van der Waals surface area contributed by atoms with Crippen LogP contribution in [0.15, 0.2) is 77.3 Å². The minimum Gasteiger partial charge on any atom is -0.378 e. The van der Waals surface area contributed by atoms with E-state index in [0.29, 0.717) is 17.0 Å². The molecule has 2 nitrogen and oxygen atoms in total. The molecule has 1 N–H and O–H groups in total. The number of hydrogen-bond donors (Lipinski definition) is 1. The van der Waals surface area contributed by atoms with Gasteiger partial charge in [-0.1, -0.05) is 70.9 Å². The molecule has 27 heavy (non-hydrogen) atoms. The largest absolute Gasteiger partial charge is 0.378 e. The molecule has 138 valence electrons. The maximum atomic E-state index is 12.8. The van der Waals surface area contributed by atoms with Crippen molar-refractivity contribution < 1.29 is 4.79 Å².